The first-order valence-electron chi connectivity index (χ1n) is 13.6. The van der Waals surface area contributed by atoms with Crippen LogP contribution in [0.1, 0.15) is 43.0 Å². The van der Waals surface area contributed by atoms with Crippen LogP contribution in [-0.4, -0.2) is 45.2 Å². The molecule has 8 heteroatoms. The summed E-state index contributed by atoms with van der Waals surface area (Å²) in [6.07, 6.45) is 3.08. The molecular weight excluding hydrogens is 496 g/mol. The van der Waals surface area contributed by atoms with Crippen molar-refractivity contribution in [1.29, 1.82) is 0 Å². The molecule has 0 aliphatic carbocycles. The number of rotatable bonds is 10. The van der Waals surface area contributed by atoms with Crippen molar-refractivity contribution < 1.29 is 19.7 Å². The van der Waals surface area contributed by atoms with Crippen molar-refractivity contribution in [2.45, 2.75) is 57.1 Å². The standard InChI is InChI=1S/C31H32N2O6/c34-17-26-25(35)15-27(39-26)33-16-23(30(36)32-31(33)37)18-38-14-3-1-2-5-19-8-9-22-11-10-20-6-4-7-21-12-13-24(19)29(22)28(20)21/h4,6-13,16,25-27,34-35H,1-3,5,14-15,17-18H2,(H,32,36,37)/t25-,26+,27+/m0/s1. The summed E-state index contributed by atoms with van der Waals surface area (Å²) >= 11 is 0. The summed E-state index contributed by atoms with van der Waals surface area (Å²) < 4.78 is 12.6. The van der Waals surface area contributed by atoms with E-state index in [0.717, 1.165) is 25.7 Å². The SMILES string of the molecule is O=c1[nH]c(=O)n([C@H]2C[C@H](O)[C@@H](CO)O2)cc1COCCCCCc1ccc2ccc3cccc4ccc1c2c34. The van der Waals surface area contributed by atoms with E-state index in [2.05, 4.69) is 59.6 Å². The van der Waals surface area contributed by atoms with E-state index in [1.54, 1.807) is 0 Å². The average molecular weight is 529 g/mol. The molecule has 0 unspecified atom stereocenters. The minimum atomic E-state index is -0.875. The van der Waals surface area contributed by atoms with E-state index in [-0.39, 0.29) is 19.6 Å². The molecule has 1 aliphatic rings. The Hall–Kier alpha value is -3.56. The van der Waals surface area contributed by atoms with Gasteiger partial charge in [0.25, 0.3) is 5.56 Å². The van der Waals surface area contributed by atoms with Crippen molar-refractivity contribution >= 4 is 32.3 Å². The van der Waals surface area contributed by atoms with E-state index < -0.39 is 29.7 Å². The van der Waals surface area contributed by atoms with Crippen LogP contribution in [0.5, 0.6) is 0 Å². The normalized spacial score (nSPS) is 19.6. The zero-order chi connectivity index (χ0) is 26.9. The van der Waals surface area contributed by atoms with E-state index in [9.17, 15) is 19.8 Å². The summed E-state index contributed by atoms with van der Waals surface area (Å²) in [4.78, 5) is 26.8. The molecule has 5 aromatic rings. The Labute approximate surface area is 224 Å². The fourth-order valence-corrected chi connectivity index (χ4v) is 5.79. The number of aliphatic hydroxyl groups is 2. The Morgan fingerprint density at radius 1 is 0.923 bits per heavy atom. The predicted molar refractivity (Wildman–Crippen MR) is 150 cm³/mol. The quantitative estimate of drug-likeness (QED) is 0.187. The van der Waals surface area contributed by atoms with Crippen LogP contribution in [-0.2, 0) is 22.5 Å². The lowest BCUT2D eigenvalue weighted by atomic mass is 9.90. The average Bonchev–Trinajstić information content (AvgIpc) is 3.32. The number of aryl methyl sites for hydroxylation is 1. The van der Waals surface area contributed by atoms with E-state index in [1.807, 2.05) is 0 Å². The Bertz CT molecular complexity index is 1710. The van der Waals surface area contributed by atoms with E-state index in [1.165, 1.54) is 48.6 Å². The molecular formula is C31H32N2O6. The highest BCUT2D eigenvalue weighted by Crippen LogP contribution is 2.36. The molecule has 2 heterocycles. The van der Waals surface area contributed by atoms with Gasteiger partial charge in [0.2, 0.25) is 0 Å². The van der Waals surface area contributed by atoms with Crippen molar-refractivity contribution in [3.8, 4) is 0 Å². The zero-order valence-electron chi connectivity index (χ0n) is 21.6. The van der Waals surface area contributed by atoms with Crippen LogP contribution in [0.15, 0.2) is 70.4 Å². The van der Waals surface area contributed by atoms with Crippen LogP contribution in [0.2, 0.25) is 0 Å². The van der Waals surface area contributed by atoms with Gasteiger partial charge in [-0.25, -0.2) is 4.79 Å². The van der Waals surface area contributed by atoms with Gasteiger partial charge in [-0.15, -0.1) is 0 Å². The molecule has 39 heavy (non-hydrogen) atoms. The van der Waals surface area contributed by atoms with Gasteiger partial charge in [0.15, 0.2) is 0 Å². The Morgan fingerprint density at radius 2 is 1.67 bits per heavy atom. The van der Waals surface area contributed by atoms with Gasteiger partial charge in [0.1, 0.15) is 12.3 Å². The highest BCUT2D eigenvalue weighted by atomic mass is 16.5. The molecule has 0 radical (unpaired) electrons. The second-order valence-corrected chi connectivity index (χ2v) is 10.4. The van der Waals surface area contributed by atoms with Gasteiger partial charge in [0.05, 0.1) is 24.9 Å². The maximum absolute atomic E-state index is 12.3. The molecule has 8 nitrogen and oxygen atoms in total. The summed E-state index contributed by atoms with van der Waals surface area (Å²) in [6.45, 7) is 0.230. The molecule has 1 fully saturated rings. The van der Waals surface area contributed by atoms with E-state index in [4.69, 9.17) is 9.47 Å². The van der Waals surface area contributed by atoms with Crippen molar-refractivity contribution in [2.24, 2.45) is 0 Å². The number of aromatic nitrogens is 2. The van der Waals surface area contributed by atoms with Gasteiger partial charge < -0.3 is 19.7 Å². The van der Waals surface area contributed by atoms with Crippen LogP contribution in [0.25, 0.3) is 32.3 Å². The fourth-order valence-electron chi connectivity index (χ4n) is 5.79. The van der Waals surface area contributed by atoms with E-state index in [0.29, 0.717) is 12.2 Å². The van der Waals surface area contributed by atoms with Gasteiger partial charge in [-0.1, -0.05) is 61.0 Å². The fraction of sp³-hybridized carbons (Fsp3) is 0.355. The second kappa shape index (κ2) is 10.9. The third kappa shape index (κ3) is 4.96. The molecule has 3 N–H and O–H groups in total. The molecule has 1 aliphatic heterocycles. The van der Waals surface area contributed by atoms with Crippen LogP contribution >= 0.6 is 0 Å². The smallest absolute Gasteiger partial charge is 0.330 e. The zero-order valence-corrected chi connectivity index (χ0v) is 21.6. The Balaban J connectivity index is 1.03. The molecule has 6 rings (SSSR count). The summed E-state index contributed by atoms with van der Waals surface area (Å²) in [5.74, 6) is 0. The van der Waals surface area contributed by atoms with E-state index >= 15 is 0 Å². The number of benzene rings is 4. The van der Waals surface area contributed by atoms with Crippen LogP contribution in [0.4, 0.5) is 0 Å². The van der Waals surface area contributed by atoms with Gasteiger partial charge in [-0.2, -0.15) is 0 Å². The number of aromatic amines is 1. The topological polar surface area (TPSA) is 114 Å². The summed E-state index contributed by atoms with van der Waals surface area (Å²) in [5, 5.41) is 27.1. The van der Waals surface area contributed by atoms with Crippen molar-refractivity contribution in [3.63, 3.8) is 0 Å². The summed E-state index contributed by atoms with van der Waals surface area (Å²) in [5.41, 5.74) is 0.556. The molecule has 0 bridgehead atoms. The highest BCUT2D eigenvalue weighted by molar-refractivity contribution is 6.23. The summed E-state index contributed by atoms with van der Waals surface area (Å²) in [7, 11) is 0. The maximum atomic E-state index is 12.3. The maximum Gasteiger partial charge on any atom is 0.330 e. The monoisotopic (exact) mass is 528 g/mol. The number of hydrogen-bond acceptors (Lipinski definition) is 6. The third-order valence-electron chi connectivity index (χ3n) is 7.85. The number of H-pyrrole nitrogens is 1. The minimum Gasteiger partial charge on any atom is -0.394 e. The highest BCUT2D eigenvalue weighted by Gasteiger charge is 2.35. The number of aliphatic hydroxyl groups excluding tert-OH is 2. The predicted octanol–water partition coefficient (Wildman–Crippen LogP) is 4.00. The van der Waals surface area contributed by atoms with Gasteiger partial charge in [0, 0.05) is 19.2 Å². The lowest BCUT2D eigenvalue weighted by Gasteiger charge is -2.15. The molecule has 4 aromatic carbocycles. The van der Waals surface area contributed by atoms with Crippen molar-refractivity contribution in [1.82, 2.24) is 9.55 Å². The number of hydrogen-bond donors (Lipinski definition) is 3. The molecule has 0 saturated carbocycles. The van der Waals surface area contributed by atoms with Crippen LogP contribution in [0.3, 0.4) is 0 Å². The second-order valence-electron chi connectivity index (χ2n) is 10.4. The molecule has 1 saturated heterocycles. The molecule has 0 amide bonds. The molecule has 1 aromatic heterocycles. The lowest BCUT2D eigenvalue weighted by molar-refractivity contribution is -0.0461. The largest absolute Gasteiger partial charge is 0.394 e. The molecule has 202 valence electrons. The first-order valence-corrected chi connectivity index (χ1v) is 13.6. The van der Waals surface area contributed by atoms with Gasteiger partial charge >= 0.3 is 5.69 Å². The number of ether oxygens (including phenoxy) is 2. The van der Waals surface area contributed by atoms with Gasteiger partial charge in [-0.3, -0.25) is 14.3 Å². The minimum absolute atomic E-state index is 0.0728. The van der Waals surface area contributed by atoms with Crippen LogP contribution < -0.4 is 11.2 Å². The number of nitrogens with zero attached hydrogens (tertiary/aromatic N) is 1. The first-order chi connectivity index (χ1) is 19.0. The first kappa shape index (κ1) is 25.7. The van der Waals surface area contributed by atoms with Crippen molar-refractivity contribution in [2.75, 3.05) is 13.2 Å². The summed E-state index contributed by atoms with van der Waals surface area (Å²) in [6, 6.07) is 19.8. The van der Waals surface area contributed by atoms with Crippen LogP contribution in [0, 0.1) is 0 Å². The molecule has 0 spiro atoms. The number of nitrogens with one attached hydrogen (secondary N) is 1. The Kier molecular flexibility index (Phi) is 7.18. The third-order valence-corrected chi connectivity index (χ3v) is 7.85. The lowest BCUT2D eigenvalue weighted by Crippen LogP contribution is -2.34. The molecule has 3 atom stereocenters. The van der Waals surface area contributed by atoms with Gasteiger partial charge in [-0.05, 0) is 57.1 Å². The number of unbranched alkanes of at least 4 members (excludes halogenated alkanes) is 2. The van der Waals surface area contributed by atoms with Crippen molar-refractivity contribution in [3.05, 3.63) is 92.8 Å². The Morgan fingerprint density at radius 3 is 2.44 bits per heavy atom.